The molecule has 11 aromatic rings. The second-order valence-electron chi connectivity index (χ2n) is 31.4. The number of nitrogens with two attached hydrogens (primary N) is 4. The molecule has 0 saturated carbocycles. The summed E-state index contributed by atoms with van der Waals surface area (Å²) in [6.45, 7) is 8.98. The van der Waals surface area contributed by atoms with Crippen LogP contribution < -0.4 is 22.9 Å². The minimum atomic E-state index is -2.83. The van der Waals surface area contributed by atoms with Crippen LogP contribution in [0.15, 0.2) is 205 Å². The maximum Gasteiger partial charge on any atom is 0.267 e. The Bertz CT molecular complexity index is 5540. The van der Waals surface area contributed by atoms with Gasteiger partial charge in [-0.2, -0.15) is 0 Å². The summed E-state index contributed by atoms with van der Waals surface area (Å²) in [6, 6.07) is 55.2. The molecule has 6 aliphatic rings. The summed E-state index contributed by atoms with van der Waals surface area (Å²) in [5, 5.41) is 0. The Balaban J connectivity index is 0.000000131. The zero-order valence-corrected chi connectivity index (χ0v) is 67.0. The number of halogens is 5. The maximum absolute atomic E-state index is 13.3. The summed E-state index contributed by atoms with van der Waals surface area (Å²) in [5.74, 6) is -3.53. The molecular formula is C93H96F5N15O6. The number of hydrogen-bond acceptors (Lipinski definition) is 17. The first-order valence-electron chi connectivity index (χ1n) is 39.7. The van der Waals surface area contributed by atoms with E-state index in [4.69, 9.17) is 32.1 Å². The lowest BCUT2D eigenvalue weighted by Crippen LogP contribution is -2.32. The predicted octanol–water partition coefficient (Wildman–Crippen LogP) is 14.0. The van der Waals surface area contributed by atoms with E-state index in [0.29, 0.717) is 125 Å². The third kappa shape index (κ3) is 21.1. The van der Waals surface area contributed by atoms with Gasteiger partial charge in [0, 0.05) is 115 Å². The van der Waals surface area contributed by atoms with Crippen molar-refractivity contribution >= 4 is 52.0 Å². The molecule has 26 heteroatoms. The fourth-order valence-corrected chi connectivity index (χ4v) is 15.5. The van der Waals surface area contributed by atoms with E-state index < -0.39 is 18.4 Å². The van der Waals surface area contributed by atoms with Crippen molar-refractivity contribution in [3.63, 3.8) is 0 Å². The molecule has 17 rings (SSSR count). The Morgan fingerprint density at radius 2 is 0.899 bits per heavy atom. The average molecular weight is 1610 g/mol. The van der Waals surface area contributed by atoms with Gasteiger partial charge in [-0.05, 0) is 229 Å². The summed E-state index contributed by atoms with van der Waals surface area (Å²) in [4.78, 5) is 83.0. The standard InChI is InChI=1S/C27H29FN4O2.C27H27FN4O.C22H24N4O2.C17H16F3N3O/c1-34-23-10-11-31(17-23)14-18-2-3-20-15-32(16-21(20)12-18)27(33)13-26-24(29)8-9-25(30-26)19-4-6-22(28)7-5-19;1-31-12-10-18(11-13-31)20-2-3-21-16-32(17-22(21)14-20)27(33)15-26-24(29)8-9-25(30-26)19-4-6-23(28)7-5-19;1-25(2)12-15-5-6-16-13-26(14-17(16)10-15)22(27)11-20-18(23)7-8-19(24-20)21-4-3-9-28-21;18-12-3-1-11(2-4-12)14-6-5-13(21)15(22-14)9-16(24)23-8-7-17(19,20)10-23/h2-9,12,23H,10-11,13-17,29H2,1H3;2-10,14H,11-13,15-17,29H2,1H3;3-10H,11-14,23H2,1-2H3;1-6H,7-10,21H2. The number of anilines is 4. The van der Waals surface area contributed by atoms with Crippen molar-refractivity contribution in [2.45, 2.75) is 109 Å². The van der Waals surface area contributed by atoms with Gasteiger partial charge in [0.05, 0.1) is 107 Å². The highest BCUT2D eigenvalue weighted by Crippen LogP contribution is 2.35. The fourth-order valence-electron chi connectivity index (χ4n) is 15.5. The molecule has 8 N–H and O–H groups in total. The highest BCUT2D eigenvalue weighted by atomic mass is 19.3. The number of benzene rings is 6. The SMILES string of the molecule is CN(C)Cc1ccc2c(c1)CN(C(=O)Cc1nc(-c3ccco3)ccc1N)C2.CN1CC=C(c2ccc3c(c2)CN(C(=O)Cc2nc(-c4ccc(F)cc4)ccc2N)C3)CC1.COC1CCN(Cc2ccc3c(c2)CN(C(=O)Cc2nc(-c4ccc(F)cc4)ccc2N)C3)C1.Nc1ccc(-c2ccc(F)cc2)nc1CC(=O)N1CCC(F)(F)C1. The lowest BCUT2D eigenvalue weighted by atomic mass is 9.96. The number of alkyl halides is 2. The molecule has 6 aliphatic heterocycles. The maximum atomic E-state index is 13.3. The van der Waals surface area contributed by atoms with Gasteiger partial charge >= 0.3 is 0 Å². The Morgan fingerprint density at radius 3 is 1.31 bits per heavy atom. The van der Waals surface area contributed by atoms with Crippen LogP contribution in [0.2, 0.25) is 0 Å². The Hall–Kier alpha value is -12.5. The minimum absolute atomic E-state index is 0.00159. The number of nitrogen functional groups attached to an aromatic ring is 4. The number of pyridine rings is 4. The molecule has 0 bridgehead atoms. The van der Waals surface area contributed by atoms with Gasteiger partial charge in [-0.1, -0.05) is 54.6 Å². The molecule has 119 heavy (non-hydrogen) atoms. The van der Waals surface area contributed by atoms with Crippen LogP contribution in [0.1, 0.15) is 92.1 Å². The molecule has 0 aliphatic carbocycles. The molecule has 2 fully saturated rings. The van der Waals surface area contributed by atoms with Gasteiger partial charge in [-0.3, -0.25) is 39.0 Å². The fraction of sp³-hybridized carbons (Fsp3) is 0.290. The van der Waals surface area contributed by atoms with Crippen LogP contribution in [0.5, 0.6) is 0 Å². The van der Waals surface area contributed by atoms with Crippen molar-refractivity contribution in [3.8, 4) is 45.2 Å². The number of carbonyl (C=O) groups is 4. The zero-order valence-electron chi connectivity index (χ0n) is 67.0. The number of likely N-dealkylation sites (tertiary alicyclic amines) is 2. The molecule has 2 saturated heterocycles. The third-order valence-electron chi connectivity index (χ3n) is 22.3. The van der Waals surface area contributed by atoms with Gasteiger partial charge in [-0.25, -0.2) is 26.9 Å². The molecule has 6 aromatic carbocycles. The summed E-state index contributed by atoms with van der Waals surface area (Å²) < 4.78 is 76.8. The molecule has 0 radical (unpaired) electrons. The van der Waals surface area contributed by atoms with Gasteiger partial charge in [-0.15, -0.1) is 0 Å². The van der Waals surface area contributed by atoms with Crippen molar-refractivity contribution in [3.05, 3.63) is 291 Å². The van der Waals surface area contributed by atoms with E-state index >= 15 is 0 Å². The lowest BCUT2D eigenvalue weighted by Gasteiger charge is -2.22. The Morgan fingerprint density at radius 1 is 0.487 bits per heavy atom. The minimum Gasteiger partial charge on any atom is -0.463 e. The predicted molar refractivity (Wildman–Crippen MR) is 450 cm³/mol. The van der Waals surface area contributed by atoms with E-state index in [-0.39, 0.29) is 73.8 Å². The van der Waals surface area contributed by atoms with Crippen molar-refractivity contribution in [2.75, 3.05) is 90.5 Å². The highest BCUT2D eigenvalue weighted by molar-refractivity contribution is 5.84. The summed E-state index contributed by atoms with van der Waals surface area (Å²) in [7, 11) is 8.02. The van der Waals surface area contributed by atoms with Crippen molar-refractivity contribution < 1.29 is 50.3 Å². The van der Waals surface area contributed by atoms with Crippen molar-refractivity contribution in [1.82, 2.24) is 54.2 Å². The molecular weight excluding hydrogens is 1520 g/mol. The first-order valence-corrected chi connectivity index (χ1v) is 39.7. The van der Waals surface area contributed by atoms with Crippen LogP contribution in [0.3, 0.4) is 0 Å². The normalized spacial score (nSPS) is 15.9. The van der Waals surface area contributed by atoms with Gasteiger partial charge < -0.3 is 61.5 Å². The molecule has 1 unspecified atom stereocenters. The van der Waals surface area contributed by atoms with Gasteiger partial charge in [0.2, 0.25) is 23.6 Å². The number of methoxy groups -OCH3 is 1. The number of hydrogen-bond donors (Lipinski definition) is 4. The smallest absolute Gasteiger partial charge is 0.267 e. The van der Waals surface area contributed by atoms with E-state index in [0.717, 1.165) is 68.1 Å². The molecule has 1 atom stereocenters. The van der Waals surface area contributed by atoms with Crippen LogP contribution in [-0.2, 0) is 102 Å². The largest absolute Gasteiger partial charge is 0.463 e. The summed E-state index contributed by atoms with van der Waals surface area (Å²) >= 11 is 0. The van der Waals surface area contributed by atoms with E-state index in [9.17, 15) is 41.1 Å². The molecule has 0 spiro atoms. The molecule has 4 amide bonds. The first kappa shape index (κ1) is 83.0. The van der Waals surface area contributed by atoms with Crippen molar-refractivity contribution in [2.24, 2.45) is 0 Å². The van der Waals surface area contributed by atoms with Crippen LogP contribution in [0.25, 0.3) is 50.8 Å². The van der Waals surface area contributed by atoms with E-state index in [1.54, 1.807) is 98.3 Å². The van der Waals surface area contributed by atoms with Gasteiger partial charge in [0.25, 0.3) is 5.92 Å². The number of amides is 4. The monoisotopic (exact) mass is 1610 g/mol. The Labute approximate surface area is 688 Å². The van der Waals surface area contributed by atoms with Gasteiger partial charge in [0.1, 0.15) is 23.1 Å². The molecule has 5 aromatic heterocycles. The van der Waals surface area contributed by atoms with E-state index in [2.05, 4.69) is 116 Å². The highest BCUT2D eigenvalue weighted by Gasteiger charge is 2.40. The van der Waals surface area contributed by atoms with Crippen LogP contribution in [0.4, 0.5) is 44.7 Å². The number of furan rings is 1. The molecule has 21 nitrogen and oxygen atoms in total. The Kier molecular flexibility index (Phi) is 25.8. The van der Waals surface area contributed by atoms with Crippen molar-refractivity contribution in [1.29, 1.82) is 0 Å². The number of aromatic nitrogens is 4. The number of rotatable bonds is 18. The van der Waals surface area contributed by atoms with E-state index in [1.165, 1.54) is 92.0 Å². The first-order chi connectivity index (χ1) is 57.3. The van der Waals surface area contributed by atoms with Gasteiger partial charge in [0.15, 0.2) is 5.76 Å². The van der Waals surface area contributed by atoms with Crippen LogP contribution in [0, 0.1) is 17.5 Å². The zero-order chi connectivity index (χ0) is 83.6. The molecule has 614 valence electrons. The van der Waals surface area contributed by atoms with E-state index in [1.807, 2.05) is 26.8 Å². The topological polar surface area (TPSA) is 269 Å². The number of ether oxygens (including phenoxy) is 1. The summed E-state index contributed by atoms with van der Waals surface area (Å²) in [5.41, 5.74) is 45.2. The number of fused-ring (bicyclic) bond motifs is 3. The number of carbonyl (C=O) groups excluding carboxylic acids is 4. The van der Waals surface area contributed by atoms with Crippen LogP contribution in [-0.4, -0.2) is 157 Å². The third-order valence-corrected chi connectivity index (χ3v) is 22.3. The average Bonchev–Trinajstić information content (AvgIpc) is 1.66. The molecule has 11 heterocycles. The second-order valence-corrected chi connectivity index (χ2v) is 31.4. The van der Waals surface area contributed by atoms with Crippen LogP contribution >= 0.6 is 0 Å². The summed E-state index contributed by atoms with van der Waals surface area (Å²) in [6.07, 6.45) is 6.33. The number of nitrogens with zero attached hydrogens (tertiary/aromatic N) is 11. The second kappa shape index (κ2) is 37.0. The lowest BCUT2D eigenvalue weighted by molar-refractivity contribution is -0.131. The number of likely N-dealkylation sites (N-methyl/N-ethyl adjacent to an activating group) is 1. The quantitative estimate of drug-likeness (QED) is 0.0581.